The Bertz CT molecular complexity index is 269. The molecule has 1 rings (SSSR count). The predicted molar refractivity (Wildman–Crippen MR) is 61.4 cm³/mol. The Balaban J connectivity index is 2.16. The van der Waals surface area contributed by atoms with E-state index >= 15 is 0 Å². The average Bonchev–Trinajstić information content (AvgIpc) is 2.61. The van der Waals surface area contributed by atoms with E-state index in [0.717, 1.165) is 12.4 Å². The number of aromatic nitrogens is 3. The van der Waals surface area contributed by atoms with Gasteiger partial charge >= 0.3 is 0 Å². The van der Waals surface area contributed by atoms with Gasteiger partial charge in [0.2, 0.25) is 0 Å². The molecule has 1 heterocycles. The van der Waals surface area contributed by atoms with E-state index in [4.69, 9.17) is 0 Å². The van der Waals surface area contributed by atoms with E-state index in [2.05, 4.69) is 29.4 Å². The summed E-state index contributed by atoms with van der Waals surface area (Å²) in [5.41, 5.74) is 0. The van der Waals surface area contributed by atoms with E-state index in [9.17, 15) is 0 Å². The van der Waals surface area contributed by atoms with Crippen molar-refractivity contribution in [2.45, 2.75) is 52.1 Å². The van der Waals surface area contributed by atoms with Crippen LogP contribution < -0.4 is 5.32 Å². The fourth-order valence-corrected chi connectivity index (χ4v) is 1.54. The molecule has 1 aromatic rings. The summed E-state index contributed by atoms with van der Waals surface area (Å²) in [6.45, 7) is 5.27. The Morgan fingerprint density at radius 3 is 2.87 bits per heavy atom. The molecule has 0 bridgehead atoms. The quantitative estimate of drug-likeness (QED) is 0.699. The van der Waals surface area contributed by atoms with E-state index in [0.29, 0.717) is 6.04 Å². The van der Waals surface area contributed by atoms with E-state index in [1.807, 2.05) is 11.6 Å². The number of nitrogens with zero attached hydrogens (tertiary/aromatic N) is 3. The molecule has 0 aliphatic carbocycles. The van der Waals surface area contributed by atoms with Crippen LogP contribution in [-0.4, -0.2) is 20.8 Å². The summed E-state index contributed by atoms with van der Waals surface area (Å²) in [4.78, 5) is 0. The fraction of sp³-hybridized carbons (Fsp3) is 0.818. The van der Waals surface area contributed by atoms with Crippen LogP contribution in [0.1, 0.15) is 45.4 Å². The van der Waals surface area contributed by atoms with Gasteiger partial charge in [0, 0.05) is 13.1 Å². The minimum atomic E-state index is 0.563. The van der Waals surface area contributed by atoms with Gasteiger partial charge in [-0.25, -0.2) is 0 Å². The van der Waals surface area contributed by atoms with Gasteiger partial charge in [-0.2, -0.15) is 0 Å². The fourth-order valence-electron chi connectivity index (χ4n) is 1.54. The lowest BCUT2D eigenvalue weighted by molar-refractivity contribution is 0.475. The first-order valence-electron chi connectivity index (χ1n) is 5.80. The van der Waals surface area contributed by atoms with Crippen LogP contribution in [0.5, 0.6) is 0 Å². The molecular weight excluding hydrogens is 188 g/mol. The second-order valence-corrected chi connectivity index (χ2v) is 4.14. The molecule has 0 aromatic carbocycles. The molecule has 4 nitrogen and oxygen atoms in total. The van der Waals surface area contributed by atoms with Crippen molar-refractivity contribution >= 4 is 0 Å². The average molecular weight is 210 g/mol. The van der Waals surface area contributed by atoms with Gasteiger partial charge in [0.1, 0.15) is 12.2 Å². The molecule has 0 aliphatic heterocycles. The van der Waals surface area contributed by atoms with Crippen LogP contribution >= 0.6 is 0 Å². The first-order valence-corrected chi connectivity index (χ1v) is 5.80. The minimum absolute atomic E-state index is 0.563. The second-order valence-electron chi connectivity index (χ2n) is 4.14. The van der Waals surface area contributed by atoms with E-state index in [1.54, 1.807) is 6.33 Å². The van der Waals surface area contributed by atoms with Crippen LogP contribution in [0, 0.1) is 0 Å². The molecule has 1 atom stereocenters. The zero-order valence-electron chi connectivity index (χ0n) is 10.0. The van der Waals surface area contributed by atoms with Gasteiger partial charge in [-0.05, 0) is 13.3 Å². The Morgan fingerprint density at radius 1 is 1.47 bits per heavy atom. The molecule has 86 valence electrons. The van der Waals surface area contributed by atoms with Gasteiger partial charge in [0.15, 0.2) is 0 Å². The van der Waals surface area contributed by atoms with Gasteiger partial charge in [-0.15, -0.1) is 10.2 Å². The zero-order valence-corrected chi connectivity index (χ0v) is 10.0. The molecule has 0 fully saturated rings. The van der Waals surface area contributed by atoms with Crippen molar-refractivity contribution in [3.63, 3.8) is 0 Å². The van der Waals surface area contributed by atoms with Gasteiger partial charge < -0.3 is 9.88 Å². The normalized spacial score (nSPS) is 13.0. The molecule has 1 aromatic heterocycles. The van der Waals surface area contributed by atoms with Crippen molar-refractivity contribution in [3.8, 4) is 0 Å². The Hall–Kier alpha value is -0.900. The highest BCUT2D eigenvalue weighted by Gasteiger charge is 2.04. The van der Waals surface area contributed by atoms with Crippen LogP contribution in [0.25, 0.3) is 0 Å². The molecule has 4 heteroatoms. The van der Waals surface area contributed by atoms with Gasteiger partial charge in [0.05, 0.1) is 6.54 Å². The SMILES string of the molecule is CCCCCC(C)NCc1nncn1C. The van der Waals surface area contributed by atoms with Crippen molar-refractivity contribution in [1.82, 2.24) is 20.1 Å². The molecule has 0 saturated carbocycles. The summed E-state index contributed by atoms with van der Waals surface area (Å²) in [7, 11) is 1.97. The van der Waals surface area contributed by atoms with E-state index in [-0.39, 0.29) is 0 Å². The Morgan fingerprint density at radius 2 is 2.27 bits per heavy atom. The smallest absolute Gasteiger partial charge is 0.146 e. The first-order chi connectivity index (χ1) is 7.24. The van der Waals surface area contributed by atoms with Crippen molar-refractivity contribution in [2.24, 2.45) is 7.05 Å². The number of nitrogens with one attached hydrogen (secondary N) is 1. The lowest BCUT2D eigenvalue weighted by Crippen LogP contribution is -2.26. The lowest BCUT2D eigenvalue weighted by Gasteiger charge is -2.12. The highest BCUT2D eigenvalue weighted by Crippen LogP contribution is 2.03. The second kappa shape index (κ2) is 6.56. The molecule has 0 aliphatic rings. The zero-order chi connectivity index (χ0) is 11.1. The highest BCUT2D eigenvalue weighted by atomic mass is 15.3. The molecule has 0 saturated heterocycles. The summed E-state index contributed by atoms with van der Waals surface area (Å²) < 4.78 is 1.95. The summed E-state index contributed by atoms with van der Waals surface area (Å²) >= 11 is 0. The minimum Gasteiger partial charge on any atom is -0.320 e. The summed E-state index contributed by atoms with van der Waals surface area (Å²) in [6, 6.07) is 0.563. The summed E-state index contributed by atoms with van der Waals surface area (Å²) in [5, 5.41) is 11.3. The highest BCUT2D eigenvalue weighted by molar-refractivity contribution is 4.83. The van der Waals surface area contributed by atoms with Crippen molar-refractivity contribution in [1.29, 1.82) is 0 Å². The molecule has 0 spiro atoms. The van der Waals surface area contributed by atoms with Gasteiger partial charge in [0.25, 0.3) is 0 Å². The molecule has 15 heavy (non-hydrogen) atoms. The van der Waals surface area contributed by atoms with Gasteiger partial charge in [-0.1, -0.05) is 26.2 Å². The molecule has 1 unspecified atom stereocenters. The maximum Gasteiger partial charge on any atom is 0.146 e. The molecule has 0 radical (unpaired) electrons. The van der Waals surface area contributed by atoms with Crippen LogP contribution in [0.4, 0.5) is 0 Å². The van der Waals surface area contributed by atoms with Gasteiger partial charge in [-0.3, -0.25) is 0 Å². The Kier molecular flexibility index (Phi) is 5.32. The van der Waals surface area contributed by atoms with Crippen LogP contribution in [0.2, 0.25) is 0 Å². The van der Waals surface area contributed by atoms with Crippen LogP contribution in [0.15, 0.2) is 6.33 Å². The lowest BCUT2D eigenvalue weighted by atomic mass is 10.1. The number of hydrogen-bond donors (Lipinski definition) is 1. The van der Waals surface area contributed by atoms with E-state index in [1.165, 1.54) is 25.7 Å². The number of unbranched alkanes of at least 4 members (excludes halogenated alkanes) is 2. The number of hydrogen-bond acceptors (Lipinski definition) is 3. The Labute approximate surface area is 92.1 Å². The molecular formula is C11H22N4. The predicted octanol–water partition coefficient (Wildman–Crippen LogP) is 1.87. The molecule has 1 N–H and O–H groups in total. The maximum atomic E-state index is 4.03. The third-order valence-electron chi connectivity index (χ3n) is 2.65. The van der Waals surface area contributed by atoms with Crippen molar-refractivity contribution in [2.75, 3.05) is 0 Å². The maximum absolute atomic E-state index is 4.03. The van der Waals surface area contributed by atoms with Crippen molar-refractivity contribution < 1.29 is 0 Å². The first kappa shape index (κ1) is 12.2. The third-order valence-corrected chi connectivity index (χ3v) is 2.65. The summed E-state index contributed by atoms with van der Waals surface area (Å²) in [6.07, 6.45) is 6.90. The topological polar surface area (TPSA) is 42.7 Å². The largest absolute Gasteiger partial charge is 0.320 e. The van der Waals surface area contributed by atoms with Crippen LogP contribution in [-0.2, 0) is 13.6 Å². The number of rotatable bonds is 7. The standard InChI is InChI=1S/C11H22N4/c1-4-5-6-7-10(2)12-8-11-14-13-9-15(11)3/h9-10,12H,4-8H2,1-3H3. The molecule has 0 amide bonds. The number of aryl methyl sites for hydroxylation is 1. The third kappa shape index (κ3) is 4.42. The van der Waals surface area contributed by atoms with Crippen molar-refractivity contribution in [3.05, 3.63) is 12.2 Å². The van der Waals surface area contributed by atoms with Crippen LogP contribution in [0.3, 0.4) is 0 Å². The monoisotopic (exact) mass is 210 g/mol. The summed E-state index contributed by atoms with van der Waals surface area (Å²) in [5.74, 6) is 0.998. The van der Waals surface area contributed by atoms with E-state index < -0.39 is 0 Å².